The van der Waals surface area contributed by atoms with E-state index < -0.39 is 11.8 Å². The zero-order valence-electron chi connectivity index (χ0n) is 17.9. The van der Waals surface area contributed by atoms with Crippen LogP contribution >= 0.6 is 0 Å². The third-order valence-corrected chi connectivity index (χ3v) is 6.44. The molecule has 3 aliphatic heterocycles. The van der Waals surface area contributed by atoms with Crippen molar-refractivity contribution in [2.75, 3.05) is 55.6 Å². The summed E-state index contributed by atoms with van der Waals surface area (Å²) in [6.07, 6.45) is 3.66. The number of hydrogen-bond donors (Lipinski definition) is 0. The Kier molecular flexibility index (Phi) is 5.46. The van der Waals surface area contributed by atoms with Gasteiger partial charge in [0.15, 0.2) is 11.6 Å². The van der Waals surface area contributed by atoms with Gasteiger partial charge in [0.25, 0.3) is 11.8 Å². The van der Waals surface area contributed by atoms with Crippen molar-refractivity contribution in [3.8, 4) is 0 Å². The number of rotatable bonds is 4. The zero-order valence-corrected chi connectivity index (χ0v) is 17.9. The van der Waals surface area contributed by atoms with Gasteiger partial charge in [-0.2, -0.15) is 0 Å². The van der Waals surface area contributed by atoms with E-state index in [9.17, 15) is 14.4 Å². The minimum atomic E-state index is -0.401. The molecular formula is C23H26N6O3. The number of anilines is 2. The molecule has 0 atom stereocenters. The Morgan fingerprint density at radius 1 is 0.719 bits per heavy atom. The monoisotopic (exact) mass is 434 g/mol. The maximum absolute atomic E-state index is 12.8. The number of amides is 3. The van der Waals surface area contributed by atoms with Crippen LogP contribution in [0.4, 0.5) is 11.6 Å². The summed E-state index contributed by atoms with van der Waals surface area (Å²) in [6, 6.07) is 10.7. The van der Waals surface area contributed by atoms with Crippen LogP contribution in [0.5, 0.6) is 0 Å². The largest absolute Gasteiger partial charge is 0.355 e. The fourth-order valence-corrected chi connectivity index (χ4v) is 4.58. The van der Waals surface area contributed by atoms with Crippen molar-refractivity contribution >= 4 is 29.4 Å². The average Bonchev–Trinajstić information content (AvgIpc) is 3.10. The zero-order chi connectivity index (χ0) is 22.1. The number of hydrogen-bond acceptors (Lipinski definition) is 7. The molecule has 32 heavy (non-hydrogen) atoms. The van der Waals surface area contributed by atoms with Gasteiger partial charge in [0.2, 0.25) is 5.91 Å². The Morgan fingerprint density at radius 3 is 1.78 bits per heavy atom. The van der Waals surface area contributed by atoms with Crippen molar-refractivity contribution in [1.29, 1.82) is 0 Å². The molecule has 0 aliphatic carbocycles. The SMILES string of the molecule is O=C(CN1C(=O)c2ccccc2C1=O)N1CCN(c2ccc(N3CCCCC3)nn2)CC1. The number of piperazine rings is 1. The van der Waals surface area contributed by atoms with Crippen molar-refractivity contribution < 1.29 is 14.4 Å². The minimum Gasteiger partial charge on any atom is -0.355 e. The predicted molar refractivity (Wildman–Crippen MR) is 119 cm³/mol. The van der Waals surface area contributed by atoms with Crippen LogP contribution in [0, 0.1) is 0 Å². The molecule has 0 spiro atoms. The van der Waals surface area contributed by atoms with Crippen LogP contribution < -0.4 is 9.80 Å². The molecule has 3 aliphatic rings. The standard InChI is InChI=1S/C23H26N6O3/c30-21(16-29-22(31)17-6-2-3-7-18(17)23(29)32)28-14-12-27(13-15-28)20-9-8-19(24-25-20)26-10-4-1-5-11-26/h2-3,6-9H,1,4-5,10-16H2. The molecule has 0 radical (unpaired) electrons. The van der Waals surface area contributed by atoms with E-state index in [-0.39, 0.29) is 12.5 Å². The summed E-state index contributed by atoms with van der Waals surface area (Å²) in [5, 5.41) is 8.82. The van der Waals surface area contributed by atoms with Gasteiger partial charge in [-0.15, -0.1) is 10.2 Å². The number of nitrogens with zero attached hydrogens (tertiary/aromatic N) is 6. The van der Waals surface area contributed by atoms with Crippen LogP contribution in [0.2, 0.25) is 0 Å². The minimum absolute atomic E-state index is 0.217. The van der Waals surface area contributed by atoms with Gasteiger partial charge in [-0.1, -0.05) is 12.1 Å². The fourth-order valence-electron chi connectivity index (χ4n) is 4.58. The maximum atomic E-state index is 12.8. The fraction of sp³-hybridized carbons (Fsp3) is 0.435. The molecule has 0 unspecified atom stereocenters. The second-order valence-corrected chi connectivity index (χ2v) is 8.41. The van der Waals surface area contributed by atoms with E-state index in [4.69, 9.17) is 0 Å². The van der Waals surface area contributed by atoms with Gasteiger partial charge in [0.1, 0.15) is 6.54 Å². The quantitative estimate of drug-likeness (QED) is 0.672. The van der Waals surface area contributed by atoms with Crippen LogP contribution in [0.3, 0.4) is 0 Å². The molecule has 0 N–H and O–H groups in total. The highest BCUT2D eigenvalue weighted by molar-refractivity contribution is 6.22. The Labute approximate surface area is 186 Å². The molecule has 9 nitrogen and oxygen atoms in total. The number of imide groups is 1. The molecule has 3 amide bonds. The van der Waals surface area contributed by atoms with Crippen LogP contribution in [-0.2, 0) is 4.79 Å². The smallest absolute Gasteiger partial charge is 0.262 e. The average molecular weight is 435 g/mol. The highest BCUT2D eigenvalue weighted by Gasteiger charge is 2.37. The molecule has 0 bridgehead atoms. The molecule has 0 saturated carbocycles. The summed E-state index contributed by atoms with van der Waals surface area (Å²) in [5.41, 5.74) is 0.725. The summed E-state index contributed by atoms with van der Waals surface area (Å²) in [5.74, 6) is 0.704. The first-order valence-electron chi connectivity index (χ1n) is 11.2. The van der Waals surface area contributed by atoms with E-state index in [1.54, 1.807) is 29.2 Å². The Bertz CT molecular complexity index is 991. The van der Waals surface area contributed by atoms with Crippen molar-refractivity contribution in [3.05, 3.63) is 47.5 Å². The first-order valence-corrected chi connectivity index (χ1v) is 11.2. The predicted octanol–water partition coefficient (Wildman–Crippen LogP) is 1.41. The van der Waals surface area contributed by atoms with Crippen molar-refractivity contribution in [2.24, 2.45) is 0 Å². The van der Waals surface area contributed by atoms with E-state index >= 15 is 0 Å². The highest BCUT2D eigenvalue weighted by Crippen LogP contribution is 2.23. The number of carbonyl (C=O) groups is 3. The van der Waals surface area contributed by atoms with Crippen LogP contribution in [0.15, 0.2) is 36.4 Å². The van der Waals surface area contributed by atoms with Crippen LogP contribution in [0.1, 0.15) is 40.0 Å². The Hall–Kier alpha value is -3.49. The molecule has 1 aromatic heterocycles. The molecule has 1 aromatic carbocycles. The van der Waals surface area contributed by atoms with Gasteiger partial charge in [-0.25, -0.2) is 0 Å². The molecule has 166 valence electrons. The number of benzene rings is 1. The lowest BCUT2D eigenvalue weighted by atomic mass is 10.1. The second-order valence-electron chi connectivity index (χ2n) is 8.41. The third-order valence-electron chi connectivity index (χ3n) is 6.44. The molecule has 2 aromatic rings. The Morgan fingerprint density at radius 2 is 1.25 bits per heavy atom. The molecule has 4 heterocycles. The lowest BCUT2D eigenvalue weighted by Gasteiger charge is -2.36. The normalized spacial score (nSPS) is 18.9. The lowest BCUT2D eigenvalue weighted by molar-refractivity contribution is -0.131. The Balaban J connectivity index is 1.16. The second kappa shape index (κ2) is 8.57. The molecule has 2 saturated heterocycles. The molecular weight excluding hydrogens is 408 g/mol. The van der Waals surface area contributed by atoms with Crippen LogP contribution in [0.25, 0.3) is 0 Å². The molecule has 9 heteroatoms. The number of piperidine rings is 1. The summed E-state index contributed by atoms with van der Waals surface area (Å²) in [7, 11) is 0. The topological polar surface area (TPSA) is 90.0 Å². The van der Waals surface area contributed by atoms with E-state index in [0.717, 1.165) is 29.6 Å². The first-order chi connectivity index (χ1) is 15.6. The summed E-state index contributed by atoms with van der Waals surface area (Å²) in [4.78, 5) is 44.9. The molecule has 2 fully saturated rings. The van der Waals surface area contributed by atoms with Gasteiger partial charge < -0.3 is 14.7 Å². The summed E-state index contributed by atoms with van der Waals surface area (Å²) < 4.78 is 0. The number of aromatic nitrogens is 2. The van der Waals surface area contributed by atoms with Crippen molar-refractivity contribution in [2.45, 2.75) is 19.3 Å². The summed E-state index contributed by atoms with van der Waals surface area (Å²) in [6.45, 7) is 4.12. The summed E-state index contributed by atoms with van der Waals surface area (Å²) >= 11 is 0. The number of carbonyl (C=O) groups excluding carboxylic acids is 3. The van der Waals surface area contributed by atoms with E-state index in [1.807, 2.05) is 12.1 Å². The van der Waals surface area contributed by atoms with Gasteiger partial charge in [0.05, 0.1) is 11.1 Å². The van der Waals surface area contributed by atoms with Gasteiger partial charge in [-0.05, 0) is 43.5 Å². The van der Waals surface area contributed by atoms with Crippen molar-refractivity contribution in [3.63, 3.8) is 0 Å². The van der Waals surface area contributed by atoms with Crippen LogP contribution in [-0.4, -0.2) is 83.5 Å². The van der Waals surface area contributed by atoms with E-state index in [0.29, 0.717) is 37.3 Å². The lowest BCUT2D eigenvalue weighted by Crippen LogP contribution is -2.52. The van der Waals surface area contributed by atoms with Crippen molar-refractivity contribution in [1.82, 2.24) is 20.0 Å². The molecule has 5 rings (SSSR count). The number of fused-ring (bicyclic) bond motifs is 1. The van der Waals surface area contributed by atoms with Gasteiger partial charge in [0, 0.05) is 39.3 Å². The maximum Gasteiger partial charge on any atom is 0.262 e. The highest BCUT2D eigenvalue weighted by atomic mass is 16.2. The van der Waals surface area contributed by atoms with Gasteiger partial charge >= 0.3 is 0 Å². The first kappa shape index (κ1) is 20.4. The van der Waals surface area contributed by atoms with Gasteiger partial charge in [-0.3, -0.25) is 19.3 Å². The third kappa shape index (κ3) is 3.79. The van der Waals surface area contributed by atoms with E-state index in [1.165, 1.54) is 19.3 Å². The van der Waals surface area contributed by atoms with E-state index in [2.05, 4.69) is 20.0 Å².